The summed E-state index contributed by atoms with van der Waals surface area (Å²) in [4.78, 5) is 6.28. The quantitative estimate of drug-likeness (QED) is 0.181. The predicted molar refractivity (Wildman–Crippen MR) is 269 cm³/mol. The molecule has 0 bridgehead atoms. The zero-order valence-corrected chi connectivity index (χ0v) is 36.7. The summed E-state index contributed by atoms with van der Waals surface area (Å²) in [6.45, 7) is 2.31. The van der Waals surface area contributed by atoms with Crippen molar-refractivity contribution >= 4 is 55.9 Å². The summed E-state index contributed by atoms with van der Waals surface area (Å²) in [6, 6.07) is 40.4. The smallest absolute Gasteiger partial charge is 0.139 e. The lowest BCUT2D eigenvalue weighted by Crippen LogP contribution is -2.23. The molecular weight excluding hydrogens is 793 g/mol. The molecule has 6 aliphatic rings. The second kappa shape index (κ2) is 15.5. The van der Waals surface area contributed by atoms with E-state index in [2.05, 4.69) is 193 Å². The Morgan fingerprint density at radius 3 is 2.28 bits per heavy atom. The third-order valence-corrected chi connectivity index (χ3v) is 14.7. The van der Waals surface area contributed by atoms with Crippen LogP contribution in [0.15, 0.2) is 208 Å². The lowest BCUT2D eigenvalue weighted by Gasteiger charge is -2.32. The van der Waals surface area contributed by atoms with Gasteiger partial charge in [-0.1, -0.05) is 127 Å². The number of ether oxygens (including phenoxy) is 1. The minimum atomic E-state index is 0.0164. The van der Waals surface area contributed by atoms with Crippen LogP contribution in [0.3, 0.4) is 0 Å². The number of rotatable bonds is 6. The highest BCUT2D eigenvalue weighted by atomic mass is 16.5. The molecule has 1 N–H and O–H groups in total. The van der Waals surface area contributed by atoms with Crippen LogP contribution in [0.1, 0.15) is 73.8 Å². The topological polar surface area (TPSA) is 41.4 Å². The molecule has 3 atom stereocenters. The first kappa shape index (κ1) is 38.2. The number of nitrogens with one attached hydrogen (secondary N) is 1. The fourth-order valence-corrected chi connectivity index (χ4v) is 11.6. The molecule has 65 heavy (non-hydrogen) atoms. The summed E-state index contributed by atoms with van der Waals surface area (Å²) in [7, 11) is 0. The van der Waals surface area contributed by atoms with Gasteiger partial charge in [-0.05, 0) is 134 Å². The van der Waals surface area contributed by atoms with Crippen molar-refractivity contribution in [2.45, 2.75) is 63.9 Å². The summed E-state index contributed by atoms with van der Waals surface area (Å²) in [6.07, 6.45) is 32.3. The van der Waals surface area contributed by atoms with Gasteiger partial charge in [-0.2, -0.15) is 0 Å². The molecule has 3 unspecified atom stereocenters. The molecular formula is C61H50N2O2. The number of nitrogens with zero attached hydrogens (tertiary/aromatic N) is 1. The van der Waals surface area contributed by atoms with Crippen molar-refractivity contribution in [3.63, 3.8) is 0 Å². The average molecular weight is 843 g/mol. The Hall–Kier alpha value is -7.30. The van der Waals surface area contributed by atoms with Gasteiger partial charge in [-0.3, -0.25) is 0 Å². The molecule has 0 amide bonds. The Bertz CT molecular complexity index is 3390. The predicted octanol–water partition coefficient (Wildman–Crippen LogP) is 16.1. The number of anilines is 2. The fourth-order valence-electron chi connectivity index (χ4n) is 11.6. The van der Waals surface area contributed by atoms with Crippen LogP contribution < -0.4 is 4.90 Å². The van der Waals surface area contributed by atoms with Crippen molar-refractivity contribution in [3.8, 4) is 11.1 Å². The minimum absolute atomic E-state index is 0.0164. The third kappa shape index (κ3) is 6.33. The van der Waals surface area contributed by atoms with E-state index in [-0.39, 0.29) is 17.9 Å². The molecule has 0 fully saturated rings. The molecule has 5 aliphatic carbocycles. The minimum Gasteiger partial charge on any atom is -0.485 e. The van der Waals surface area contributed by atoms with E-state index in [1.807, 2.05) is 0 Å². The first-order valence-corrected chi connectivity index (χ1v) is 23.6. The van der Waals surface area contributed by atoms with Crippen LogP contribution in [0.25, 0.3) is 55.6 Å². The second-order valence-corrected chi connectivity index (χ2v) is 18.5. The van der Waals surface area contributed by atoms with E-state index in [0.29, 0.717) is 0 Å². The second-order valence-electron chi connectivity index (χ2n) is 18.5. The normalized spacial score (nSPS) is 21.1. The van der Waals surface area contributed by atoms with Crippen molar-refractivity contribution < 1.29 is 9.15 Å². The number of allylic oxidation sites excluding steroid dienone is 12. The average Bonchev–Trinajstić information content (AvgIpc) is 3.90. The highest BCUT2D eigenvalue weighted by Gasteiger charge is 2.36. The Morgan fingerprint density at radius 1 is 0.646 bits per heavy atom. The number of para-hydroxylation sites is 3. The van der Waals surface area contributed by atoms with Crippen LogP contribution in [0.4, 0.5) is 11.4 Å². The maximum absolute atomic E-state index is 6.77. The number of hydrogen-bond acceptors (Lipinski definition) is 3. The molecule has 5 aromatic carbocycles. The fraction of sp³-hybridized carbons (Fsp3) is 0.180. The van der Waals surface area contributed by atoms with Crippen LogP contribution in [-0.2, 0) is 11.2 Å². The third-order valence-electron chi connectivity index (χ3n) is 14.7. The number of aromatic amines is 1. The highest BCUT2D eigenvalue weighted by molar-refractivity contribution is 6.06. The van der Waals surface area contributed by atoms with Gasteiger partial charge in [0.2, 0.25) is 0 Å². The summed E-state index contributed by atoms with van der Waals surface area (Å²) in [5, 5.41) is 3.65. The number of furan rings is 1. The molecule has 3 heterocycles. The highest BCUT2D eigenvalue weighted by Crippen LogP contribution is 2.49. The zero-order chi connectivity index (χ0) is 43.0. The van der Waals surface area contributed by atoms with E-state index in [1.165, 1.54) is 88.7 Å². The summed E-state index contributed by atoms with van der Waals surface area (Å²) >= 11 is 0. The molecule has 0 spiro atoms. The zero-order valence-electron chi connectivity index (χ0n) is 36.7. The largest absolute Gasteiger partial charge is 0.485 e. The van der Waals surface area contributed by atoms with Crippen LogP contribution >= 0.6 is 0 Å². The van der Waals surface area contributed by atoms with Crippen LogP contribution in [-0.4, -0.2) is 11.1 Å². The number of benzene rings is 5. The van der Waals surface area contributed by atoms with E-state index in [4.69, 9.17) is 9.15 Å². The van der Waals surface area contributed by atoms with Crippen molar-refractivity contribution in [3.05, 3.63) is 226 Å². The van der Waals surface area contributed by atoms with Crippen LogP contribution in [0, 0.1) is 5.92 Å². The summed E-state index contributed by atoms with van der Waals surface area (Å²) in [5.74, 6) is 1.45. The van der Waals surface area contributed by atoms with E-state index in [1.54, 1.807) is 0 Å². The van der Waals surface area contributed by atoms with Gasteiger partial charge in [0, 0.05) is 73.0 Å². The number of hydrogen-bond donors (Lipinski definition) is 1. The molecule has 316 valence electrons. The SMILES string of the molecule is CC1=C(N(c2ccc(C3=C4C(=CCC3)C3C=CC=CC3OC3=C4CCC=C3)cc2)c2ccc(-c3cccc4c5c([nH]c34)CCC=C5)cc2)C=CC(c2cccc3c2oc2ccccc23)C1. The Morgan fingerprint density at radius 2 is 1.40 bits per heavy atom. The van der Waals surface area contributed by atoms with Gasteiger partial charge >= 0.3 is 0 Å². The van der Waals surface area contributed by atoms with Gasteiger partial charge in [0.25, 0.3) is 0 Å². The lowest BCUT2D eigenvalue weighted by atomic mass is 9.75. The Balaban J connectivity index is 0.900. The summed E-state index contributed by atoms with van der Waals surface area (Å²) < 4.78 is 13.3. The van der Waals surface area contributed by atoms with Crippen molar-refractivity contribution in [1.29, 1.82) is 0 Å². The lowest BCUT2D eigenvalue weighted by molar-refractivity contribution is 0.141. The van der Waals surface area contributed by atoms with Gasteiger partial charge in [0.05, 0.1) is 5.52 Å². The van der Waals surface area contributed by atoms with Gasteiger partial charge in [-0.15, -0.1) is 0 Å². The molecule has 0 saturated heterocycles. The number of H-pyrrole nitrogens is 1. The van der Waals surface area contributed by atoms with Gasteiger partial charge in [0.1, 0.15) is 23.0 Å². The molecule has 4 nitrogen and oxygen atoms in total. The number of aryl methyl sites for hydroxylation is 1. The molecule has 13 rings (SSSR count). The molecule has 4 heteroatoms. The first-order valence-electron chi connectivity index (χ1n) is 23.6. The van der Waals surface area contributed by atoms with E-state index in [9.17, 15) is 0 Å². The van der Waals surface area contributed by atoms with Crippen LogP contribution in [0.5, 0.6) is 0 Å². The van der Waals surface area contributed by atoms with Gasteiger partial charge < -0.3 is 19.0 Å². The van der Waals surface area contributed by atoms with Gasteiger partial charge in [-0.25, -0.2) is 0 Å². The van der Waals surface area contributed by atoms with Crippen molar-refractivity contribution in [1.82, 2.24) is 4.98 Å². The Kier molecular flexibility index (Phi) is 9.08. The van der Waals surface area contributed by atoms with Crippen LogP contribution in [0.2, 0.25) is 0 Å². The molecule has 2 aromatic heterocycles. The van der Waals surface area contributed by atoms with Crippen molar-refractivity contribution in [2.75, 3.05) is 4.90 Å². The summed E-state index contributed by atoms with van der Waals surface area (Å²) in [5.41, 5.74) is 21.3. The molecule has 0 radical (unpaired) electrons. The first-order chi connectivity index (χ1) is 32.1. The maximum atomic E-state index is 6.77. The standard InChI is InChI=1S/C61H50N2O2/c1-38-37-41(46-19-12-22-52-49-15-4-8-25-57(49)65-61(46)52)31-36-55(38)63(43-34-29-40(30-35-43)45-18-11-21-51-47-13-2-6-23-54(47)62-60(45)51)42-32-27-39(28-33-42)44-17-10-20-50-48-14-3-7-24-56(48)64-58-26-9-5-16-53(58)59(44)50/h2-4,7-9,11-15,18-22,24-36,41,48,56,62H,5-6,10,16-17,23,37H2,1H3. The molecule has 1 aliphatic heterocycles. The Labute approximate surface area is 380 Å². The van der Waals surface area contributed by atoms with Gasteiger partial charge in [0.15, 0.2) is 0 Å². The van der Waals surface area contributed by atoms with Crippen molar-refractivity contribution in [2.24, 2.45) is 5.92 Å². The molecule has 0 saturated carbocycles. The monoisotopic (exact) mass is 842 g/mol. The number of fused-ring (bicyclic) bond motifs is 10. The molecule has 7 aromatic rings. The number of aromatic nitrogens is 1. The van der Waals surface area contributed by atoms with E-state index >= 15 is 0 Å². The van der Waals surface area contributed by atoms with E-state index < -0.39 is 0 Å². The maximum Gasteiger partial charge on any atom is 0.139 e. The van der Waals surface area contributed by atoms with E-state index in [0.717, 1.165) is 73.2 Å².